The van der Waals surface area contributed by atoms with E-state index in [1.807, 2.05) is 30.3 Å². The zero-order valence-electron chi connectivity index (χ0n) is 26.4. The lowest BCUT2D eigenvalue weighted by atomic mass is 9.57. The van der Waals surface area contributed by atoms with Crippen LogP contribution in [0.5, 0.6) is 11.5 Å². The summed E-state index contributed by atoms with van der Waals surface area (Å²) in [5, 5.41) is 0. The quantitative estimate of drug-likeness (QED) is 0.189. The summed E-state index contributed by atoms with van der Waals surface area (Å²) in [6.45, 7) is 8.93. The van der Waals surface area contributed by atoms with Crippen LogP contribution in [-0.2, 0) is 29.3 Å². The molecule has 6 heteroatoms. The van der Waals surface area contributed by atoms with Crippen molar-refractivity contribution >= 4 is 10.8 Å². The monoisotopic (exact) mass is 619 g/mol. The fraction of sp³-hybridized carbons (Fsp3) is 0.410. The van der Waals surface area contributed by atoms with Crippen molar-refractivity contribution in [2.75, 3.05) is 26.2 Å². The Hall–Kier alpha value is -3.32. The van der Waals surface area contributed by atoms with Gasteiger partial charge in [0.05, 0.1) is 10.8 Å². The highest BCUT2D eigenvalue weighted by Crippen LogP contribution is 2.53. The Balaban J connectivity index is 1.05. The van der Waals surface area contributed by atoms with Crippen LogP contribution < -0.4 is 4.74 Å². The number of benzene rings is 3. The van der Waals surface area contributed by atoms with E-state index in [0.717, 1.165) is 65.8 Å². The first-order chi connectivity index (χ1) is 22.1. The normalized spacial score (nSPS) is 22.2. The summed E-state index contributed by atoms with van der Waals surface area (Å²) in [6, 6.07) is 29.1. The van der Waals surface area contributed by atoms with Gasteiger partial charge in [0.15, 0.2) is 0 Å². The SMILES string of the molecule is CCN1Cc2ccccc2C(C2CCCC2)(C2CCN(Cc3ccccc3Oc3ccc(S(=O)c4ccncc4)cc3)CC2)C1. The van der Waals surface area contributed by atoms with Gasteiger partial charge in [-0.1, -0.05) is 62.2 Å². The van der Waals surface area contributed by atoms with Crippen LogP contribution in [0.2, 0.25) is 0 Å². The molecular weight excluding hydrogens is 575 g/mol. The third-order valence-electron chi connectivity index (χ3n) is 10.7. The number of aromatic nitrogens is 1. The molecule has 234 valence electrons. The highest BCUT2D eigenvalue weighted by molar-refractivity contribution is 7.85. The number of hydrogen-bond donors (Lipinski definition) is 0. The van der Waals surface area contributed by atoms with E-state index in [0.29, 0.717) is 0 Å². The van der Waals surface area contributed by atoms with Gasteiger partial charge in [0, 0.05) is 52.8 Å². The molecule has 1 saturated heterocycles. The van der Waals surface area contributed by atoms with Crippen molar-refractivity contribution in [2.24, 2.45) is 11.8 Å². The van der Waals surface area contributed by atoms with Crippen LogP contribution in [-0.4, -0.2) is 45.2 Å². The Morgan fingerprint density at radius 3 is 2.22 bits per heavy atom. The molecule has 2 atom stereocenters. The summed E-state index contributed by atoms with van der Waals surface area (Å²) >= 11 is 0. The third kappa shape index (κ3) is 6.25. The molecule has 0 radical (unpaired) electrons. The first-order valence-corrected chi connectivity index (χ1v) is 18.0. The highest BCUT2D eigenvalue weighted by atomic mass is 32.2. The van der Waals surface area contributed by atoms with Crippen LogP contribution in [0.3, 0.4) is 0 Å². The third-order valence-corrected chi connectivity index (χ3v) is 12.1. The fourth-order valence-corrected chi connectivity index (χ4v) is 9.52. The Morgan fingerprint density at radius 2 is 1.47 bits per heavy atom. The van der Waals surface area contributed by atoms with Gasteiger partial charge in [0.2, 0.25) is 0 Å². The molecule has 0 spiro atoms. The van der Waals surface area contributed by atoms with E-state index >= 15 is 0 Å². The average Bonchev–Trinajstić information content (AvgIpc) is 3.65. The van der Waals surface area contributed by atoms with Crippen molar-refractivity contribution < 1.29 is 8.95 Å². The van der Waals surface area contributed by atoms with Gasteiger partial charge in [0.25, 0.3) is 0 Å². The Kier molecular flexibility index (Phi) is 9.16. The summed E-state index contributed by atoms with van der Waals surface area (Å²) in [4.78, 5) is 10.9. The maximum absolute atomic E-state index is 12.9. The summed E-state index contributed by atoms with van der Waals surface area (Å²) in [5.41, 5.74) is 4.74. The molecule has 1 aliphatic carbocycles. The van der Waals surface area contributed by atoms with Gasteiger partial charge in [-0.2, -0.15) is 0 Å². The molecule has 1 aromatic heterocycles. The molecule has 3 heterocycles. The van der Waals surface area contributed by atoms with Gasteiger partial charge in [-0.25, -0.2) is 4.21 Å². The molecule has 45 heavy (non-hydrogen) atoms. The minimum atomic E-state index is -1.24. The lowest BCUT2D eigenvalue weighted by molar-refractivity contribution is 0.0385. The number of para-hydroxylation sites is 1. The topological polar surface area (TPSA) is 45.7 Å². The zero-order chi connectivity index (χ0) is 30.6. The minimum Gasteiger partial charge on any atom is -0.457 e. The number of nitrogens with zero attached hydrogens (tertiary/aromatic N) is 3. The molecular formula is C39H45N3O2S. The number of fused-ring (bicyclic) bond motifs is 1. The second-order valence-electron chi connectivity index (χ2n) is 13.2. The van der Waals surface area contributed by atoms with E-state index in [9.17, 15) is 4.21 Å². The number of piperidine rings is 1. The molecule has 4 aromatic rings. The number of likely N-dealkylation sites (tertiary alicyclic amines) is 1. The van der Waals surface area contributed by atoms with Crippen molar-refractivity contribution in [1.82, 2.24) is 14.8 Å². The van der Waals surface area contributed by atoms with Gasteiger partial charge in [-0.3, -0.25) is 14.8 Å². The van der Waals surface area contributed by atoms with E-state index in [4.69, 9.17) is 4.74 Å². The minimum absolute atomic E-state index is 0.279. The molecule has 3 aliphatic rings. The smallest absolute Gasteiger partial charge is 0.131 e. The molecule has 2 fully saturated rings. The van der Waals surface area contributed by atoms with Crippen LogP contribution in [0.4, 0.5) is 0 Å². The summed E-state index contributed by atoms with van der Waals surface area (Å²) < 4.78 is 19.4. The Morgan fingerprint density at radius 1 is 0.800 bits per heavy atom. The van der Waals surface area contributed by atoms with Crippen LogP contribution in [0, 0.1) is 11.8 Å². The number of hydrogen-bond acceptors (Lipinski definition) is 5. The molecule has 0 amide bonds. The number of rotatable bonds is 9. The lowest BCUT2D eigenvalue weighted by Crippen LogP contribution is -2.56. The molecule has 2 aliphatic heterocycles. The van der Waals surface area contributed by atoms with Gasteiger partial charge in [0.1, 0.15) is 11.5 Å². The predicted molar refractivity (Wildman–Crippen MR) is 181 cm³/mol. The van der Waals surface area contributed by atoms with Crippen LogP contribution >= 0.6 is 0 Å². The summed E-state index contributed by atoms with van der Waals surface area (Å²) in [6.07, 6.45) is 11.4. The first-order valence-electron chi connectivity index (χ1n) is 16.8. The highest BCUT2D eigenvalue weighted by Gasteiger charge is 2.51. The average molecular weight is 620 g/mol. The molecule has 2 unspecified atom stereocenters. The van der Waals surface area contributed by atoms with E-state index in [-0.39, 0.29) is 5.41 Å². The number of ether oxygens (including phenoxy) is 1. The Bertz CT molecular complexity index is 1600. The van der Waals surface area contributed by atoms with Crippen LogP contribution in [0.1, 0.15) is 62.1 Å². The summed E-state index contributed by atoms with van der Waals surface area (Å²) in [7, 11) is -1.24. The van der Waals surface area contributed by atoms with E-state index < -0.39 is 10.8 Å². The van der Waals surface area contributed by atoms with Gasteiger partial charge < -0.3 is 4.74 Å². The number of likely N-dealkylation sites (N-methyl/N-ethyl adjacent to an activating group) is 1. The van der Waals surface area contributed by atoms with Crippen molar-refractivity contribution in [3.63, 3.8) is 0 Å². The molecule has 0 N–H and O–H groups in total. The standard InChI is InChI=1S/C39H45N3O2S/c1-2-41-27-30-9-3-7-13-37(30)39(29-41,32-11-5-6-12-32)33-21-25-42(26-22-33)28-31-10-4-8-14-38(31)44-34-15-17-35(18-16-34)45(43)36-19-23-40-24-20-36/h3-4,7-10,13-20,23-24,32-33H,2,5-6,11-12,21-22,25-29H2,1H3. The van der Waals surface area contributed by atoms with Gasteiger partial charge >= 0.3 is 0 Å². The predicted octanol–water partition coefficient (Wildman–Crippen LogP) is 8.22. The lowest BCUT2D eigenvalue weighted by Gasteiger charge is -2.54. The number of pyridine rings is 1. The second kappa shape index (κ2) is 13.6. The zero-order valence-corrected chi connectivity index (χ0v) is 27.3. The largest absolute Gasteiger partial charge is 0.457 e. The maximum Gasteiger partial charge on any atom is 0.131 e. The van der Waals surface area contributed by atoms with Crippen molar-refractivity contribution in [3.05, 3.63) is 114 Å². The van der Waals surface area contributed by atoms with Crippen molar-refractivity contribution in [3.8, 4) is 11.5 Å². The van der Waals surface area contributed by atoms with E-state index in [1.54, 1.807) is 35.7 Å². The second-order valence-corrected chi connectivity index (χ2v) is 14.6. The molecule has 1 saturated carbocycles. The first kappa shape index (κ1) is 30.3. The van der Waals surface area contributed by atoms with Crippen molar-refractivity contribution in [2.45, 2.75) is 73.7 Å². The summed E-state index contributed by atoms with van der Waals surface area (Å²) in [5.74, 6) is 3.17. The molecule has 5 nitrogen and oxygen atoms in total. The molecule has 0 bridgehead atoms. The van der Waals surface area contributed by atoms with Gasteiger partial charge in [-0.05, 0) is 111 Å². The van der Waals surface area contributed by atoms with Crippen molar-refractivity contribution in [1.29, 1.82) is 0 Å². The molecule has 7 rings (SSSR count). The Labute approximate surface area is 271 Å². The molecule has 3 aromatic carbocycles. The van der Waals surface area contributed by atoms with E-state index in [2.05, 4.69) is 64.2 Å². The van der Waals surface area contributed by atoms with Crippen LogP contribution in [0.15, 0.2) is 107 Å². The fourth-order valence-electron chi connectivity index (χ4n) is 8.50. The van der Waals surface area contributed by atoms with E-state index in [1.165, 1.54) is 50.6 Å². The maximum atomic E-state index is 12.9. The van der Waals surface area contributed by atoms with Crippen LogP contribution in [0.25, 0.3) is 0 Å². The van der Waals surface area contributed by atoms with Gasteiger partial charge in [-0.15, -0.1) is 0 Å².